The summed E-state index contributed by atoms with van der Waals surface area (Å²) in [5.74, 6) is 0. The first kappa shape index (κ1) is 13.0. The van der Waals surface area contributed by atoms with Gasteiger partial charge in [0, 0.05) is 0 Å². The summed E-state index contributed by atoms with van der Waals surface area (Å²) in [6.07, 6.45) is 0. The van der Waals surface area contributed by atoms with Crippen molar-refractivity contribution in [2.75, 3.05) is 0 Å². The van der Waals surface area contributed by atoms with Crippen molar-refractivity contribution in [2.24, 2.45) is 0 Å². The van der Waals surface area contributed by atoms with Gasteiger partial charge in [-0.25, -0.2) is 0 Å². The van der Waals surface area contributed by atoms with E-state index in [9.17, 15) is 0 Å². The maximum absolute atomic E-state index is 2.22. The smallest absolute Gasteiger partial charge is 0.214 e. The lowest BCUT2D eigenvalue weighted by Crippen LogP contribution is -2.01. The Morgan fingerprint density at radius 1 is 0.625 bits per heavy atom. The highest BCUT2D eigenvalue weighted by molar-refractivity contribution is 6.34. The molecule has 2 rings (SSSR count). The predicted molar refractivity (Wildman–Crippen MR) is 68.5 cm³/mol. The number of halogens is 1. The van der Waals surface area contributed by atoms with Crippen LogP contribution in [-0.4, -0.2) is 15.2 Å². The van der Waals surface area contributed by atoms with Crippen molar-refractivity contribution in [3.63, 3.8) is 0 Å². The molecule has 0 saturated heterocycles. The Balaban J connectivity index is 0.00000128. The average molecular weight is 229 g/mol. The molecule has 0 heterocycles. The Labute approximate surface area is 102 Å². The third-order valence-corrected chi connectivity index (χ3v) is 3.97. The van der Waals surface area contributed by atoms with Gasteiger partial charge in [0.15, 0.2) is 0 Å². The third kappa shape index (κ3) is 4.18. The zero-order valence-electron chi connectivity index (χ0n) is 9.17. The molecular weight excluding hydrogens is 214 g/mol. The largest absolute Gasteiger partial charge is 0.269 e. The molecule has 2 aromatic rings. The van der Waals surface area contributed by atoms with E-state index in [4.69, 9.17) is 0 Å². The number of hydrogen-bond acceptors (Lipinski definition) is 0. The highest BCUT2D eigenvalue weighted by Crippen LogP contribution is 2.02. The van der Waals surface area contributed by atoms with Gasteiger partial charge in [-0.15, -0.1) is 0 Å². The minimum Gasteiger partial charge on any atom is -0.269 e. The van der Waals surface area contributed by atoms with E-state index in [0.717, 1.165) is 0 Å². The molecule has 0 saturated carbocycles. The first-order valence-electron chi connectivity index (χ1n) is 5.34. The second kappa shape index (κ2) is 7.22. The molecule has 0 aliphatic carbocycles. The minimum atomic E-state index is 0. The van der Waals surface area contributed by atoms with E-state index < -0.39 is 0 Å². The fourth-order valence-corrected chi connectivity index (χ4v) is 2.99. The molecule has 0 aliphatic rings. The van der Waals surface area contributed by atoms with Gasteiger partial charge >= 0.3 is 0 Å². The molecular formula is C14H15AlF. The van der Waals surface area contributed by atoms with Gasteiger partial charge in [0.25, 0.3) is 0 Å². The fourth-order valence-electron chi connectivity index (χ4n) is 1.63. The van der Waals surface area contributed by atoms with Crippen molar-refractivity contribution < 1.29 is 4.70 Å². The molecule has 0 N–H and O–H groups in total. The van der Waals surface area contributed by atoms with Crippen LogP contribution >= 0.6 is 0 Å². The summed E-state index contributed by atoms with van der Waals surface area (Å²) in [5, 5.41) is 2.52. The highest BCUT2D eigenvalue weighted by Gasteiger charge is 1.96. The SMILES string of the molecule is F.c1ccc([CH2][Al][CH2]c2ccccc2)cc1. The van der Waals surface area contributed by atoms with E-state index >= 15 is 0 Å². The summed E-state index contributed by atoms with van der Waals surface area (Å²) < 4.78 is 0. The minimum absolute atomic E-state index is 0. The topological polar surface area (TPSA) is 0 Å². The van der Waals surface area contributed by atoms with Gasteiger partial charge in [-0.3, -0.25) is 4.70 Å². The molecule has 0 atom stereocenters. The highest BCUT2D eigenvalue weighted by atomic mass is 27.1. The number of hydrogen-bond donors (Lipinski definition) is 0. The summed E-state index contributed by atoms with van der Waals surface area (Å²) in [6.45, 7) is 0. The van der Waals surface area contributed by atoms with Crippen LogP contribution in [0.25, 0.3) is 0 Å². The maximum Gasteiger partial charge on any atom is 0.214 e. The molecule has 0 nitrogen and oxygen atoms in total. The Morgan fingerprint density at radius 3 is 1.38 bits per heavy atom. The molecule has 2 heteroatoms. The lowest BCUT2D eigenvalue weighted by molar-refractivity contribution is 1.11. The number of rotatable bonds is 4. The Bertz CT molecular complexity index is 346. The first-order chi connectivity index (χ1) is 7.45. The van der Waals surface area contributed by atoms with Crippen LogP contribution in [0.3, 0.4) is 0 Å². The number of benzene rings is 2. The van der Waals surface area contributed by atoms with Gasteiger partial charge in [-0.2, -0.15) is 0 Å². The molecule has 0 bridgehead atoms. The van der Waals surface area contributed by atoms with Crippen molar-refractivity contribution in [1.29, 1.82) is 0 Å². The van der Waals surface area contributed by atoms with Crippen LogP contribution in [0.4, 0.5) is 4.70 Å². The summed E-state index contributed by atoms with van der Waals surface area (Å²) in [4.78, 5) is 0. The van der Waals surface area contributed by atoms with E-state index in [-0.39, 0.29) is 4.70 Å². The van der Waals surface area contributed by atoms with Gasteiger partial charge in [0.2, 0.25) is 15.2 Å². The molecule has 16 heavy (non-hydrogen) atoms. The molecule has 0 amide bonds. The average Bonchev–Trinajstić information content (AvgIpc) is 2.32. The lowest BCUT2D eigenvalue weighted by atomic mass is 10.2. The Kier molecular flexibility index (Phi) is 5.85. The quantitative estimate of drug-likeness (QED) is 0.706. The lowest BCUT2D eigenvalue weighted by Gasteiger charge is -2.00. The Morgan fingerprint density at radius 2 is 1.00 bits per heavy atom. The van der Waals surface area contributed by atoms with Crippen LogP contribution in [0.15, 0.2) is 60.7 Å². The van der Waals surface area contributed by atoms with Crippen LogP contribution in [-0.2, 0) is 10.6 Å². The van der Waals surface area contributed by atoms with Crippen molar-refractivity contribution >= 4 is 15.2 Å². The fraction of sp³-hybridized carbons (Fsp3) is 0.143. The van der Waals surface area contributed by atoms with Crippen LogP contribution in [0.1, 0.15) is 11.1 Å². The molecule has 0 aliphatic heterocycles. The maximum atomic E-state index is 2.22. The van der Waals surface area contributed by atoms with E-state index in [0.29, 0.717) is 15.2 Å². The van der Waals surface area contributed by atoms with Crippen LogP contribution in [0, 0.1) is 0 Å². The van der Waals surface area contributed by atoms with Crippen LogP contribution in [0.5, 0.6) is 0 Å². The summed E-state index contributed by atoms with van der Waals surface area (Å²) in [5.41, 5.74) is 2.95. The monoisotopic (exact) mass is 229 g/mol. The molecule has 2 aromatic carbocycles. The predicted octanol–water partition coefficient (Wildman–Crippen LogP) is 3.24. The van der Waals surface area contributed by atoms with Gasteiger partial charge in [-0.1, -0.05) is 82.4 Å². The summed E-state index contributed by atoms with van der Waals surface area (Å²) in [7, 11) is 0. The standard InChI is InChI=1S/2C7H7.Al.FH/c2*1-7-5-3-2-4-6-7;;/h2*2-6H,1H2;;1H. The zero-order valence-corrected chi connectivity index (χ0v) is 10.3. The van der Waals surface area contributed by atoms with E-state index in [1.165, 1.54) is 21.7 Å². The molecule has 0 aromatic heterocycles. The van der Waals surface area contributed by atoms with Crippen LogP contribution < -0.4 is 0 Å². The van der Waals surface area contributed by atoms with Gasteiger partial charge in [-0.05, 0) is 0 Å². The van der Waals surface area contributed by atoms with E-state index in [2.05, 4.69) is 60.7 Å². The van der Waals surface area contributed by atoms with Crippen molar-refractivity contribution in [2.45, 2.75) is 10.6 Å². The van der Waals surface area contributed by atoms with Crippen LogP contribution in [0.2, 0.25) is 0 Å². The van der Waals surface area contributed by atoms with Gasteiger partial charge in [0.1, 0.15) is 0 Å². The normalized spacial score (nSPS) is 9.25. The molecule has 0 fully saturated rings. The zero-order chi connectivity index (χ0) is 10.3. The van der Waals surface area contributed by atoms with Crippen molar-refractivity contribution in [1.82, 2.24) is 0 Å². The van der Waals surface area contributed by atoms with Gasteiger partial charge in [0.05, 0.1) is 0 Å². The third-order valence-electron chi connectivity index (χ3n) is 2.45. The van der Waals surface area contributed by atoms with E-state index in [1.54, 1.807) is 0 Å². The molecule has 1 radical (unpaired) electrons. The molecule has 0 unspecified atom stereocenters. The molecule has 0 spiro atoms. The second-order valence-electron chi connectivity index (χ2n) is 3.67. The molecule has 81 valence electrons. The second-order valence-corrected chi connectivity index (χ2v) is 5.06. The van der Waals surface area contributed by atoms with Crippen molar-refractivity contribution in [3.8, 4) is 0 Å². The summed E-state index contributed by atoms with van der Waals surface area (Å²) in [6, 6.07) is 21.5. The Hall–Kier alpha value is -1.10. The van der Waals surface area contributed by atoms with Crippen molar-refractivity contribution in [3.05, 3.63) is 71.8 Å². The van der Waals surface area contributed by atoms with E-state index in [1.807, 2.05) is 0 Å². The first-order valence-corrected chi connectivity index (χ1v) is 6.98. The van der Waals surface area contributed by atoms with Gasteiger partial charge < -0.3 is 0 Å². The summed E-state index contributed by atoms with van der Waals surface area (Å²) >= 11 is 0.501.